The summed E-state index contributed by atoms with van der Waals surface area (Å²) >= 11 is 0. The lowest BCUT2D eigenvalue weighted by Crippen LogP contribution is -2.38. The summed E-state index contributed by atoms with van der Waals surface area (Å²) in [6.07, 6.45) is 1.95. The zero-order valence-corrected chi connectivity index (χ0v) is 9.37. The molecular formula is C12H16N2O2. The fourth-order valence-corrected chi connectivity index (χ4v) is 2.49. The van der Waals surface area contributed by atoms with Crippen LogP contribution in [0, 0.1) is 10.1 Å². The van der Waals surface area contributed by atoms with Crippen molar-refractivity contribution in [3.05, 3.63) is 40.4 Å². The highest BCUT2D eigenvalue weighted by Gasteiger charge is 2.33. The second-order valence-electron chi connectivity index (χ2n) is 4.34. The Balaban J connectivity index is 2.19. The van der Waals surface area contributed by atoms with Crippen molar-refractivity contribution in [1.29, 1.82) is 0 Å². The molecule has 0 spiro atoms. The van der Waals surface area contributed by atoms with E-state index in [1.807, 2.05) is 30.3 Å². The van der Waals surface area contributed by atoms with E-state index in [2.05, 4.69) is 11.8 Å². The topological polar surface area (TPSA) is 46.4 Å². The molecule has 4 heteroatoms. The quantitative estimate of drug-likeness (QED) is 0.580. The average Bonchev–Trinajstić information content (AvgIpc) is 2.60. The minimum Gasteiger partial charge on any atom is -0.359 e. The molecule has 2 atom stereocenters. The lowest BCUT2D eigenvalue weighted by atomic mass is 10.2. The van der Waals surface area contributed by atoms with Crippen molar-refractivity contribution in [2.75, 3.05) is 11.4 Å². The third-order valence-corrected chi connectivity index (χ3v) is 3.20. The Bertz CT molecular complexity index is 367. The van der Waals surface area contributed by atoms with Crippen LogP contribution in [-0.2, 0) is 0 Å². The summed E-state index contributed by atoms with van der Waals surface area (Å²) in [5, 5.41) is 10.6. The first-order valence-corrected chi connectivity index (χ1v) is 5.63. The molecule has 2 unspecified atom stereocenters. The zero-order chi connectivity index (χ0) is 11.5. The van der Waals surface area contributed by atoms with Gasteiger partial charge in [-0.1, -0.05) is 18.2 Å². The van der Waals surface area contributed by atoms with Gasteiger partial charge < -0.3 is 4.90 Å². The predicted molar refractivity (Wildman–Crippen MR) is 63.3 cm³/mol. The number of para-hydroxylation sites is 1. The number of benzene rings is 1. The monoisotopic (exact) mass is 220 g/mol. The van der Waals surface area contributed by atoms with Crippen molar-refractivity contribution >= 4 is 5.69 Å². The molecule has 1 heterocycles. The van der Waals surface area contributed by atoms with Gasteiger partial charge in [0.1, 0.15) is 0 Å². The molecule has 0 N–H and O–H groups in total. The van der Waals surface area contributed by atoms with Crippen LogP contribution in [0.1, 0.15) is 19.8 Å². The first-order chi connectivity index (χ1) is 7.68. The minimum atomic E-state index is -0.210. The fraction of sp³-hybridized carbons (Fsp3) is 0.500. The van der Waals surface area contributed by atoms with E-state index in [4.69, 9.17) is 0 Å². The third kappa shape index (κ3) is 2.15. The number of nitro groups is 1. The Labute approximate surface area is 95.0 Å². The standard InChI is InChI=1S/C12H16N2O2/c1-10-7-8-12(9-13(15)16)14(10)11-5-3-2-4-6-11/h2-6,10,12H,7-9H2,1H3. The van der Waals surface area contributed by atoms with E-state index >= 15 is 0 Å². The minimum absolute atomic E-state index is 0.0409. The van der Waals surface area contributed by atoms with Crippen molar-refractivity contribution in [1.82, 2.24) is 0 Å². The molecule has 1 saturated heterocycles. The van der Waals surface area contributed by atoms with Gasteiger partial charge in [-0.2, -0.15) is 0 Å². The van der Waals surface area contributed by atoms with Gasteiger partial charge in [-0.25, -0.2) is 0 Å². The molecule has 0 aliphatic carbocycles. The Morgan fingerprint density at radius 3 is 2.69 bits per heavy atom. The number of hydrogen-bond donors (Lipinski definition) is 0. The van der Waals surface area contributed by atoms with Crippen LogP contribution >= 0.6 is 0 Å². The van der Waals surface area contributed by atoms with Crippen LogP contribution in [0.15, 0.2) is 30.3 Å². The molecule has 0 saturated carbocycles. The van der Waals surface area contributed by atoms with Gasteiger partial charge in [-0.05, 0) is 31.9 Å². The van der Waals surface area contributed by atoms with Crippen molar-refractivity contribution in [2.24, 2.45) is 0 Å². The average molecular weight is 220 g/mol. The highest BCUT2D eigenvalue weighted by atomic mass is 16.6. The Morgan fingerprint density at radius 1 is 1.38 bits per heavy atom. The van der Waals surface area contributed by atoms with Crippen LogP contribution in [-0.4, -0.2) is 23.6 Å². The van der Waals surface area contributed by atoms with Crippen LogP contribution in [0.4, 0.5) is 5.69 Å². The van der Waals surface area contributed by atoms with E-state index in [1.165, 1.54) is 0 Å². The summed E-state index contributed by atoms with van der Waals surface area (Å²) < 4.78 is 0. The lowest BCUT2D eigenvalue weighted by Gasteiger charge is -2.28. The summed E-state index contributed by atoms with van der Waals surface area (Å²) in [5.41, 5.74) is 1.10. The number of anilines is 1. The molecule has 16 heavy (non-hydrogen) atoms. The van der Waals surface area contributed by atoms with E-state index in [9.17, 15) is 10.1 Å². The van der Waals surface area contributed by atoms with Gasteiger partial charge in [0.25, 0.3) is 0 Å². The molecule has 1 aromatic carbocycles. The highest BCUT2D eigenvalue weighted by molar-refractivity contribution is 5.49. The first kappa shape index (κ1) is 10.9. The van der Waals surface area contributed by atoms with Crippen molar-refractivity contribution < 1.29 is 4.92 Å². The fourth-order valence-electron chi connectivity index (χ4n) is 2.49. The van der Waals surface area contributed by atoms with Crippen LogP contribution in [0.25, 0.3) is 0 Å². The summed E-state index contributed by atoms with van der Waals surface area (Å²) in [7, 11) is 0. The second kappa shape index (κ2) is 4.51. The lowest BCUT2D eigenvalue weighted by molar-refractivity contribution is -0.482. The normalized spacial score (nSPS) is 24.7. The van der Waals surface area contributed by atoms with Crippen LogP contribution in [0.2, 0.25) is 0 Å². The van der Waals surface area contributed by atoms with Crippen molar-refractivity contribution in [3.63, 3.8) is 0 Å². The summed E-state index contributed by atoms with van der Waals surface area (Å²) in [4.78, 5) is 12.6. The Hall–Kier alpha value is -1.58. The molecule has 0 aromatic heterocycles. The Kier molecular flexibility index (Phi) is 3.08. The molecule has 1 aliphatic heterocycles. The molecule has 2 rings (SSSR count). The van der Waals surface area contributed by atoms with Crippen molar-refractivity contribution in [2.45, 2.75) is 31.8 Å². The maximum Gasteiger partial charge on any atom is 0.223 e. The number of rotatable bonds is 3. The van der Waals surface area contributed by atoms with E-state index < -0.39 is 0 Å². The summed E-state index contributed by atoms with van der Waals surface area (Å²) in [5.74, 6) is 0. The second-order valence-corrected chi connectivity index (χ2v) is 4.34. The van der Waals surface area contributed by atoms with Crippen molar-refractivity contribution in [3.8, 4) is 0 Å². The van der Waals surface area contributed by atoms with Gasteiger partial charge in [0.05, 0.1) is 6.04 Å². The van der Waals surface area contributed by atoms with Crippen LogP contribution < -0.4 is 4.90 Å². The largest absolute Gasteiger partial charge is 0.359 e. The van der Waals surface area contributed by atoms with E-state index in [0.717, 1.165) is 18.5 Å². The molecule has 4 nitrogen and oxygen atoms in total. The molecule has 0 radical (unpaired) electrons. The molecule has 1 aliphatic rings. The van der Waals surface area contributed by atoms with Crippen LogP contribution in [0.3, 0.4) is 0 Å². The molecule has 0 bridgehead atoms. The maximum absolute atomic E-state index is 10.6. The van der Waals surface area contributed by atoms with Gasteiger partial charge in [-0.15, -0.1) is 0 Å². The summed E-state index contributed by atoms with van der Waals surface area (Å²) in [6, 6.07) is 10.4. The molecular weight excluding hydrogens is 204 g/mol. The van der Waals surface area contributed by atoms with Gasteiger partial charge in [0, 0.05) is 16.7 Å². The zero-order valence-electron chi connectivity index (χ0n) is 9.37. The van der Waals surface area contributed by atoms with Crippen LogP contribution in [0.5, 0.6) is 0 Å². The maximum atomic E-state index is 10.6. The highest BCUT2D eigenvalue weighted by Crippen LogP contribution is 2.30. The number of hydrogen-bond acceptors (Lipinski definition) is 3. The Morgan fingerprint density at radius 2 is 2.06 bits per heavy atom. The predicted octanol–water partition coefficient (Wildman–Crippen LogP) is 2.32. The third-order valence-electron chi connectivity index (χ3n) is 3.20. The van der Waals surface area contributed by atoms with E-state index in [1.54, 1.807) is 0 Å². The van der Waals surface area contributed by atoms with Gasteiger partial charge in [0.15, 0.2) is 0 Å². The molecule has 86 valence electrons. The molecule has 0 amide bonds. The van der Waals surface area contributed by atoms with Gasteiger partial charge in [0.2, 0.25) is 6.54 Å². The van der Waals surface area contributed by atoms with Gasteiger partial charge >= 0.3 is 0 Å². The van der Waals surface area contributed by atoms with E-state index in [0.29, 0.717) is 6.04 Å². The summed E-state index contributed by atoms with van der Waals surface area (Å²) in [6.45, 7) is 2.17. The SMILES string of the molecule is CC1CCC(C[N+](=O)[O-])N1c1ccccc1. The molecule has 1 fully saturated rings. The smallest absolute Gasteiger partial charge is 0.223 e. The first-order valence-electron chi connectivity index (χ1n) is 5.63. The van der Waals surface area contributed by atoms with E-state index in [-0.39, 0.29) is 17.5 Å². The number of nitrogens with zero attached hydrogens (tertiary/aromatic N) is 2. The molecule has 1 aromatic rings. The van der Waals surface area contributed by atoms with Gasteiger partial charge in [-0.3, -0.25) is 10.1 Å².